The highest BCUT2D eigenvalue weighted by atomic mass is 35.5. The van der Waals surface area contributed by atoms with Crippen molar-refractivity contribution in [2.24, 2.45) is 5.92 Å². The number of Topliss-reactive ketones (excluding diaryl/α,β-unsaturated/α-hetero) is 1. The van der Waals surface area contributed by atoms with Gasteiger partial charge in [0.25, 0.3) is 0 Å². The lowest BCUT2D eigenvalue weighted by molar-refractivity contribution is -0.112. The van der Waals surface area contributed by atoms with E-state index < -0.39 is 5.24 Å². The molecular weight excluding hydrogens is 523 g/mol. The van der Waals surface area contributed by atoms with Gasteiger partial charge in [0.05, 0.1) is 13.2 Å². The van der Waals surface area contributed by atoms with Crippen LogP contribution in [0.3, 0.4) is 0 Å². The van der Waals surface area contributed by atoms with E-state index in [2.05, 4.69) is 19.3 Å². The van der Waals surface area contributed by atoms with Crippen LogP contribution < -0.4 is 0 Å². The van der Waals surface area contributed by atoms with Crippen LogP contribution in [0, 0.1) is 12.5 Å². The summed E-state index contributed by atoms with van der Waals surface area (Å²) in [7, 11) is 4.01. The minimum atomic E-state index is -0.450. The lowest BCUT2D eigenvalue weighted by Gasteiger charge is -2.15. The first-order chi connectivity index (χ1) is 18.2. The van der Waals surface area contributed by atoms with E-state index in [1.165, 1.54) is 0 Å². The Hall–Kier alpha value is -2.76. The molecule has 1 atom stereocenters. The molecule has 0 amide bonds. The van der Waals surface area contributed by atoms with E-state index in [1.807, 2.05) is 45.3 Å². The van der Waals surface area contributed by atoms with Crippen LogP contribution in [0.25, 0.3) is 15.9 Å². The third kappa shape index (κ3) is 8.37. The van der Waals surface area contributed by atoms with Gasteiger partial charge in [-0.1, -0.05) is 30.7 Å². The van der Waals surface area contributed by atoms with Gasteiger partial charge < -0.3 is 14.2 Å². The summed E-state index contributed by atoms with van der Waals surface area (Å²) < 4.78 is 7.96. The standard InChI is InChI=1S/C29H34Cl2N4O3/c1-20(15-27(31)37)14-26(36)28-24-17-23(32-2)18-33-29(24)35(12-11-34(3)4)25(28)10-5-6-13-38-19-21-8-7-9-22(30)16-21/h7-9,16-18,20H,5-6,10-15,19H2,1,3-4H3. The summed E-state index contributed by atoms with van der Waals surface area (Å²) in [5.74, 6) is -0.238. The van der Waals surface area contributed by atoms with Gasteiger partial charge >= 0.3 is 0 Å². The van der Waals surface area contributed by atoms with Gasteiger partial charge in [-0.25, -0.2) is 9.83 Å². The molecule has 0 saturated heterocycles. The minimum absolute atomic E-state index is 0.0554. The quantitative estimate of drug-likeness (QED) is 0.0900. The Kier molecular flexibility index (Phi) is 11.3. The molecule has 0 N–H and O–H groups in total. The van der Waals surface area contributed by atoms with Crippen molar-refractivity contribution >= 4 is 50.9 Å². The molecule has 3 aromatic rings. The van der Waals surface area contributed by atoms with Crippen molar-refractivity contribution in [3.63, 3.8) is 0 Å². The van der Waals surface area contributed by atoms with Gasteiger partial charge in [-0.3, -0.25) is 9.59 Å². The summed E-state index contributed by atoms with van der Waals surface area (Å²) in [5.41, 5.74) is 3.64. The molecule has 202 valence electrons. The molecule has 0 saturated carbocycles. The van der Waals surface area contributed by atoms with Crippen LogP contribution in [0.15, 0.2) is 36.5 Å². The first-order valence-corrected chi connectivity index (χ1v) is 13.5. The van der Waals surface area contributed by atoms with E-state index in [-0.39, 0.29) is 24.5 Å². The van der Waals surface area contributed by atoms with Gasteiger partial charge in [0, 0.05) is 60.4 Å². The fraction of sp³-hybridized carbons (Fsp3) is 0.448. The second-order valence-electron chi connectivity index (χ2n) is 9.88. The molecule has 0 radical (unpaired) electrons. The fourth-order valence-electron chi connectivity index (χ4n) is 4.51. The summed E-state index contributed by atoms with van der Waals surface area (Å²) in [4.78, 5) is 35.2. The van der Waals surface area contributed by atoms with Crippen molar-refractivity contribution in [3.8, 4) is 0 Å². The van der Waals surface area contributed by atoms with Crippen molar-refractivity contribution in [1.82, 2.24) is 14.5 Å². The minimum Gasteiger partial charge on any atom is -0.377 e. The molecular formula is C29H34Cl2N4O3. The van der Waals surface area contributed by atoms with Crippen molar-refractivity contribution in [1.29, 1.82) is 0 Å². The maximum atomic E-state index is 13.6. The van der Waals surface area contributed by atoms with Crippen LogP contribution in [-0.2, 0) is 29.1 Å². The third-order valence-electron chi connectivity index (χ3n) is 6.32. The first-order valence-electron chi connectivity index (χ1n) is 12.8. The number of carbonyl (C=O) groups is 2. The lowest BCUT2D eigenvalue weighted by atomic mass is 9.95. The average Bonchev–Trinajstić information content (AvgIpc) is 3.16. The number of likely N-dealkylation sites (N-methyl/N-ethyl adjacent to an activating group) is 1. The average molecular weight is 558 g/mol. The molecule has 1 aromatic carbocycles. The van der Waals surface area contributed by atoms with Crippen LogP contribution in [0.4, 0.5) is 5.69 Å². The number of hydrogen-bond acceptors (Lipinski definition) is 5. The predicted octanol–water partition coefficient (Wildman–Crippen LogP) is 6.71. The molecule has 1 unspecified atom stereocenters. The van der Waals surface area contributed by atoms with Gasteiger partial charge in [0.15, 0.2) is 5.78 Å². The molecule has 0 aliphatic heterocycles. The molecule has 7 nitrogen and oxygen atoms in total. The summed E-state index contributed by atoms with van der Waals surface area (Å²) >= 11 is 11.6. The number of fused-ring (bicyclic) bond motifs is 1. The maximum absolute atomic E-state index is 13.6. The maximum Gasteiger partial charge on any atom is 0.221 e. The number of aromatic nitrogens is 2. The predicted molar refractivity (Wildman–Crippen MR) is 152 cm³/mol. The molecule has 2 heterocycles. The van der Waals surface area contributed by atoms with E-state index in [9.17, 15) is 9.59 Å². The van der Waals surface area contributed by atoms with E-state index in [4.69, 9.17) is 34.5 Å². The zero-order valence-electron chi connectivity index (χ0n) is 22.2. The molecule has 9 heteroatoms. The largest absolute Gasteiger partial charge is 0.377 e. The van der Waals surface area contributed by atoms with Crippen molar-refractivity contribution in [2.75, 3.05) is 27.2 Å². The molecule has 3 rings (SSSR count). The van der Waals surface area contributed by atoms with Crippen LogP contribution in [0.2, 0.25) is 5.02 Å². The Morgan fingerprint density at radius 1 is 1.21 bits per heavy atom. The van der Waals surface area contributed by atoms with Crippen LogP contribution in [0.1, 0.15) is 54.2 Å². The Balaban J connectivity index is 1.84. The van der Waals surface area contributed by atoms with E-state index in [0.29, 0.717) is 53.5 Å². The summed E-state index contributed by atoms with van der Waals surface area (Å²) in [6.07, 6.45) is 4.20. The van der Waals surface area contributed by atoms with E-state index in [1.54, 1.807) is 12.3 Å². The van der Waals surface area contributed by atoms with Gasteiger partial charge in [-0.15, -0.1) is 0 Å². The zero-order chi connectivity index (χ0) is 27.7. The number of ketones is 1. The molecule has 0 fully saturated rings. The molecule has 0 aliphatic carbocycles. The number of unbranched alkanes of at least 4 members (excludes halogenated alkanes) is 1. The number of ether oxygens (including phenoxy) is 1. The number of carbonyl (C=O) groups excluding carboxylic acids is 2. The van der Waals surface area contributed by atoms with Crippen LogP contribution in [0.5, 0.6) is 0 Å². The van der Waals surface area contributed by atoms with Gasteiger partial charge in [-0.05, 0) is 74.6 Å². The Bertz CT molecular complexity index is 1310. The lowest BCUT2D eigenvalue weighted by Crippen LogP contribution is -2.20. The molecule has 0 spiro atoms. The number of pyridine rings is 1. The van der Waals surface area contributed by atoms with Crippen molar-refractivity contribution in [3.05, 3.63) is 69.8 Å². The summed E-state index contributed by atoms with van der Waals surface area (Å²) in [5, 5.41) is 0.932. The van der Waals surface area contributed by atoms with Crippen LogP contribution >= 0.6 is 23.2 Å². The van der Waals surface area contributed by atoms with Gasteiger partial charge in [0.2, 0.25) is 10.9 Å². The zero-order valence-corrected chi connectivity index (χ0v) is 23.7. The van der Waals surface area contributed by atoms with E-state index in [0.717, 1.165) is 30.6 Å². The normalized spacial score (nSPS) is 12.1. The second kappa shape index (κ2) is 14.4. The summed E-state index contributed by atoms with van der Waals surface area (Å²) in [6, 6.07) is 9.37. The fourth-order valence-corrected chi connectivity index (χ4v) is 4.99. The number of rotatable bonds is 15. The van der Waals surface area contributed by atoms with Gasteiger partial charge in [0.1, 0.15) is 5.65 Å². The molecule has 2 aromatic heterocycles. The topological polar surface area (TPSA) is 68.8 Å². The Morgan fingerprint density at radius 3 is 2.68 bits per heavy atom. The Morgan fingerprint density at radius 2 is 2.00 bits per heavy atom. The summed E-state index contributed by atoms with van der Waals surface area (Å²) in [6.45, 7) is 11.8. The highest BCUT2D eigenvalue weighted by Crippen LogP contribution is 2.31. The van der Waals surface area contributed by atoms with Crippen molar-refractivity contribution < 1.29 is 14.3 Å². The number of hydrogen-bond donors (Lipinski definition) is 0. The van der Waals surface area contributed by atoms with Crippen molar-refractivity contribution in [2.45, 2.75) is 52.2 Å². The smallest absolute Gasteiger partial charge is 0.221 e. The number of nitrogens with zero attached hydrogens (tertiary/aromatic N) is 4. The third-order valence-corrected chi connectivity index (χ3v) is 6.71. The monoisotopic (exact) mass is 556 g/mol. The Labute approximate surface area is 234 Å². The molecule has 38 heavy (non-hydrogen) atoms. The molecule has 0 bridgehead atoms. The highest BCUT2D eigenvalue weighted by molar-refractivity contribution is 6.63. The number of benzene rings is 1. The first kappa shape index (κ1) is 29.8. The van der Waals surface area contributed by atoms with Crippen LogP contribution in [-0.4, -0.2) is 52.7 Å². The van der Waals surface area contributed by atoms with Gasteiger partial charge in [-0.2, -0.15) is 0 Å². The van der Waals surface area contributed by atoms with E-state index >= 15 is 0 Å². The number of halogens is 2. The highest BCUT2D eigenvalue weighted by Gasteiger charge is 2.25. The molecule has 0 aliphatic rings. The SMILES string of the molecule is [C-]#[N+]c1cnc2c(c1)c(C(=O)CC(C)CC(=O)Cl)c(CCCCOCc1cccc(Cl)c1)n2CCN(C)C. The second-order valence-corrected chi connectivity index (χ2v) is 10.7.